The van der Waals surface area contributed by atoms with E-state index in [2.05, 4.69) is 151 Å². The molecule has 1 N–H and O–H groups in total. The molecule has 0 spiro atoms. The van der Waals surface area contributed by atoms with Crippen molar-refractivity contribution >= 4 is 43.6 Å². The summed E-state index contributed by atoms with van der Waals surface area (Å²) in [6, 6.07) is 46.9. The van der Waals surface area contributed by atoms with Crippen LogP contribution in [0.25, 0.3) is 71.6 Å². The Labute approximate surface area is 238 Å². The first-order chi connectivity index (χ1) is 20.1. The number of aromatic nitrogens is 2. The Morgan fingerprint density at radius 2 is 1.17 bits per heavy atom. The Kier molecular flexibility index (Phi) is 4.42. The Morgan fingerprint density at radius 1 is 0.488 bits per heavy atom. The van der Waals surface area contributed by atoms with Gasteiger partial charge in [0.1, 0.15) is 0 Å². The van der Waals surface area contributed by atoms with Gasteiger partial charge in [0.15, 0.2) is 0 Å². The van der Waals surface area contributed by atoms with Gasteiger partial charge in [0.25, 0.3) is 0 Å². The molecule has 0 aliphatic heterocycles. The number of nitrogens with one attached hydrogen (secondary N) is 1. The van der Waals surface area contributed by atoms with Crippen LogP contribution in [0.2, 0.25) is 0 Å². The summed E-state index contributed by atoms with van der Waals surface area (Å²) in [5.41, 5.74) is 14.0. The summed E-state index contributed by atoms with van der Waals surface area (Å²) in [4.78, 5) is 3.65. The number of nitrogens with zero attached hydrogens (tertiary/aromatic N) is 1. The summed E-state index contributed by atoms with van der Waals surface area (Å²) in [6.45, 7) is 4.71. The van der Waals surface area contributed by atoms with Crippen LogP contribution in [0, 0.1) is 0 Å². The fourth-order valence-corrected chi connectivity index (χ4v) is 7.28. The lowest BCUT2D eigenvalue weighted by Gasteiger charge is -2.21. The average molecular weight is 525 g/mol. The highest BCUT2D eigenvalue weighted by molar-refractivity contribution is 6.11. The van der Waals surface area contributed by atoms with E-state index in [0.29, 0.717) is 0 Å². The van der Waals surface area contributed by atoms with Crippen molar-refractivity contribution in [2.24, 2.45) is 0 Å². The Bertz CT molecular complexity index is 2330. The van der Waals surface area contributed by atoms with Gasteiger partial charge in [-0.15, -0.1) is 0 Å². The number of fused-ring (bicyclic) bond motifs is 9. The summed E-state index contributed by atoms with van der Waals surface area (Å²) in [7, 11) is 0. The molecule has 2 heterocycles. The van der Waals surface area contributed by atoms with E-state index in [1.165, 1.54) is 82.7 Å². The van der Waals surface area contributed by atoms with E-state index in [9.17, 15) is 0 Å². The molecule has 194 valence electrons. The van der Waals surface area contributed by atoms with Crippen LogP contribution in [0.3, 0.4) is 0 Å². The van der Waals surface area contributed by atoms with Crippen LogP contribution in [-0.4, -0.2) is 9.55 Å². The quantitative estimate of drug-likeness (QED) is 0.232. The maximum absolute atomic E-state index is 3.65. The van der Waals surface area contributed by atoms with Crippen molar-refractivity contribution in [2.75, 3.05) is 0 Å². The SMILES string of the molecule is CC1(C)c2ccc(-c3ccc4c(c3)c3ccccc3n4-c3ccccc3)cc2-c2cc3c(cc21)[nH]c1ccccc13. The molecule has 0 saturated carbocycles. The number of benzene rings is 6. The first-order valence-electron chi connectivity index (χ1n) is 14.4. The summed E-state index contributed by atoms with van der Waals surface area (Å²) in [5.74, 6) is 0. The van der Waals surface area contributed by atoms with Crippen LogP contribution >= 0.6 is 0 Å². The van der Waals surface area contributed by atoms with Gasteiger partial charge < -0.3 is 9.55 Å². The van der Waals surface area contributed by atoms with Crippen molar-refractivity contribution in [3.8, 4) is 27.9 Å². The maximum Gasteiger partial charge on any atom is 0.0541 e. The molecule has 8 aromatic rings. The fourth-order valence-electron chi connectivity index (χ4n) is 7.28. The molecule has 0 amide bonds. The molecule has 2 heteroatoms. The molecule has 41 heavy (non-hydrogen) atoms. The lowest BCUT2D eigenvalue weighted by Crippen LogP contribution is -2.14. The maximum atomic E-state index is 3.65. The predicted octanol–water partition coefficient (Wildman–Crippen LogP) is 10.4. The van der Waals surface area contributed by atoms with E-state index >= 15 is 0 Å². The van der Waals surface area contributed by atoms with Crippen LogP contribution in [0.5, 0.6) is 0 Å². The molecule has 0 saturated heterocycles. The number of hydrogen-bond donors (Lipinski definition) is 1. The number of rotatable bonds is 2. The van der Waals surface area contributed by atoms with Crippen molar-refractivity contribution < 1.29 is 0 Å². The van der Waals surface area contributed by atoms with E-state index in [4.69, 9.17) is 0 Å². The normalized spacial score (nSPS) is 13.8. The standard InChI is InChI=1S/C39H28N2/c1-39(2)33-18-16-24(20-29(33)30-22-31-27-12-6-8-14-35(27)40-36(31)23-34(30)39)25-17-19-38-32(21-25)28-13-7-9-15-37(28)41(38)26-10-4-3-5-11-26/h3-23,40H,1-2H3. The van der Waals surface area contributed by atoms with Gasteiger partial charge in [-0.1, -0.05) is 86.6 Å². The molecular formula is C39H28N2. The van der Waals surface area contributed by atoms with Crippen LogP contribution in [-0.2, 0) is 5.41 Å². The van der Waals surface area contributed by atoms with E-state index in [-0.39, 0.29) is 5.41 Å². The third kappa shape index (κ3) is 3.08. The number of aromatic amines is 1. The van der Waals surface area contributed by atoms with Gasteiger partial charge in [0.05, 0.1) is 11.0 Å². The van der Waals surface area contributed by atoms with Crippen LogP contribution in [0.4, 0.5) is 0 Å². The molecule has 0 bridgehead atoms. The van der Waals surface area contributed by atoms with E-state index in [1.54, 1.807) is 0 Å². The lowest BCUT2D eigenvalue weighted by atomic mass is 9.82. The second kappa shape index (κ2) is 7.99. The highest BCUT2D eigenvalue weighted by Crippen LogP contribution is 2.51. The van der Waals surface area contributed by atoms with E-state index in [0.717, 1.165) is 0 Å². The second-order valence-corrected chi connectivity index (χ2v) is 11.9. The number of para-hydroxylation sites is 3. The molecule has 0 fully saturated rings. The van der Waals surface area contributed by atoms with Gasteiger partial charge in [-0.05, 0) is 88.0 Å². The van der Waals surface area contributed by atoms with E-state index in [1.807, 2.05) is 0 Å². The van der Waals surface area contributed by atoms with Gasteiger partial charge in [-0.3, -0.25) is 0 Å². The molecule has 0 radical (unpaired) electrons. The Morgan fingerprint density at radius 3 is 2.05 bits per heavy atom. The zero-order valence-electron chi connectivity index (χ0n) is 23.1. The second-order valence-electron chi connectivity index (χ2n) is 11.9. The monoisotopic (exact) mass is 524 g/mol. The predicted molar refractivity (Wildman–Crippen MR) is 173 cm³/mol. The highest BCUT2D eigenvalue weighted by Gasteiger charge is 2.36. The molecule has 1 aliphatic carbocycles. The summed E-state index contributed by atoms with van der Waals surface area (Å²) >= 11 is 0. The first-order valence-corrected chi connectivity index (χ1v) is 14.4. The largest absolute Gasteiger partial charge is 0.355 e. The van der Waals surface area contributed by atoms with Crippen molar-refractivity contribution in [1.29, 1.82) is 0 Å². The zero-order chi connectivity index (χ0) is 27.3. The molecular weight excluding hydrogens is 496 g/mol. The Balaban J connectivity index is 1.25. The summed E-state index contributed by atoms with van der Waals surface area (Å²) < 4.78 is 2.38. The summed E-state index contributed by atoms with van der Waals surface area (Å²) in [6.07, 6.45) is 0. The van der Waals surface area contributed by atoms with Crippen LogP contribution in [0.1, 0.15) is 25.0 Å². The first kappa shape index (κ1) is 22.7. The van der Waals surface area contributed by atoms with Gasteiger partial charge in [-0.25, -0.2) is 0 Å². The minimum Gasteiger partial charge on any atom is -0.355 e. The summed E-state index contributed by atoms with van der Waals surface area (Å²) in [5, 5.41) is 5.14. The molecule has 9 rings (SSSR count). The molecule has 1 aliphatic rings. The Hall–Kier alpha value is -5.08. The highest BCUT2D eigenvalue weighted by atomic mass is 15.0. The third-order valence-electron chi connectivity index (χ3n) is 9.32. The fraction of sp³-hybridized carbons (Fsp3) is 0.0769. The minimum atomic E-state index is -0.0538. The van der Waals surface area contributed by atoms with Crippen LogP contribution in [0.15, 0.2) is 127 Å². The van der Waals surface area contributed by atoms with Crippen molar-refractivity contribution in [3.63, 3.8) is 0 Å². The van der Waals surface area contributed by atoms with Gasteiger partial charge in [0, 0.05) is 43.7 Å². The lowest BCUT2D eigenvalue weighted by molar-refractivity contribution is 0.661. The molecule has 2 aromatic heterocycles. The minimum absolute atomic E-state index is 0.0538. The molecule has 6 aromatic carbocycles. The van der Waals surface area contributed by atoms with E-state index < -0.39 is 0 Å². The zero-order valence-corrected chi connectivity index (χ0v) is 23.1. The molecule has 0 unspecified atom stereocenters. The van der Waals surface area contributed by atoms with Gasteiger partial charge >= 0.3 is 0 Å². The van der Waals surface area contributed by atoms with Crippen molar-refractivity contribution in [2.45, 2.75) is 19.3 Å². The van der Waals surface area contributed by atoms with Gasteiger partial charge in [-0.2, -0.15) is 0 Å². The number of H-pyrrole nitrogens is 1. The molecule has 0 atom stereocenters. The topological polar surface area (TPSA) is 20.7 Å². The third-order valence-corrected chi connectivity index (χ3v) is 9.32. The average Bonchev–Trinajstić information content (AvgIpc) is 3.62. The van der Waals surface area contributed by atoms with Crippen LogP contribution < -0.4 is 0 Å². The number of hydrogen-bond acceptors (Lipinski definition) is 0. The van der Waals surface area contributed by atoms with Crippen molar-refractivity contribution in [3.05, 3.63) is 139 Å². The van der Waals surface area contributed by atoms with Gasteiger partial charge in [0.2, 0.25) is 0 Å². The van der Waals surface area contributed by atoms with Crippen molar-refractivity contribution in [1.82, 2.24) is 9.55 Å². The molecule has 2 nitrogen and oxygen atoms in total. The smallest absolute Gasteiger partial charge is 0.0541 e.